The topological polar surface area (TPSA) is 24.5 Å². The predicted molar refractivity (Wildman–Crippen MR) is 77.6 cm³/mol. The molecule has 1 aromatic carbocycles. The van der Waals surface area contributed by atoms with E-state index in [0.29, 0.717) is 12.1 Å². The molecule has 4 heteroatoms. The number of halogens is 1. The van der Waals surface area contributed by atoms with Crippen LogP contribution < -0.4 is 10.1 Å². The molecule has 18 heavy (non-hydrogen) atoms. The fourth-order valence-electron chi connectivity index (χ4n) is 2.64. The standard InChI is InChI=1S/C14H22N2O.ClH/c1-11-8-16(9-12(2)15-11)10-13-6-4-5-7-14(13)17-3;/h4-7,11-12,15H,8-10H2,1-3H3;1H. The van der Waals surface area contributed by atoms with Crippen molar-refractivity contribution >= 4 is 12.4 Å². The van der Waals surface area contributed by atoms with Gasteiger partial charge in [-0.1, -0.05) is 18.2 Å². The molecule has 2 unspecified atom stereocenters. The van der Waals surface area contributed by atoms with Crippen LogP contribution in [0.2, 0.25) is 0 Å². The molecule has 0 radical (unpaired) electrons. The molecule has 3 nitrogen and oxygen atoms in total. The van der Waals surface area contributed by atoms with E-state index in [1.807, 2.05) is 12.1 Å². The number of methoxy groups -OCH3 is 1. The molecular weight excluding hydrogens is 248 g/mol. The van der Waals surface area contributed by atoms with E-state index in [9.17, 15) is 0 Å². The van der Waals surface area contributed by atoms with Crippen LogP contribution in [0.15, 0.2) is 24.3 Å². The van der Waals surface area contributed by atoms with Crippen molar-refractivity contribution in [3.05, 3.63) is 29.8 Å². The summed E-state index contributed by atoms with van der Waals surface area (Å²) in [6.07, 6.45) is 0. The van der Waals surface area contributed by atoms with Crippen molar-refractivity contribution < 1.29 is 4.74 Å². The van der Waals surface area contributed by atoms with Gasteiger partial charge in [0.15, 0.2) is 0 Å². The molecule has 2 rings (SSSR count). The molecule has 0 amide bonds. The number of para-hydroxylation sites is 1. The quantitative estimate of drug-likeness (QED) is 0.912. The van der Waals surface area contributed by atoms with Crippen molar-refractivity contribution in [2.45, 2.75) is 32.5 Å². The second kappa shape index (κ2) is 6.98. The van der Waals surface area contributed by atoms with Crippen LogP contribution in [-0.4, -0.2) is 37.2 Å². The molecule has 1 N–H and O–H groups in total. The molecule has 1 aliphatic heterocycles. The average molecular weight is 271 g/mol. The Morgan fingerprint density at radius 3 is 2.44 bits per heavy atom. The van der Waals surface area contributed by atoms with Gasteiger partial charge in [0.05, 0.1) is 7.11 Å². The number of piperazine rings is 1. The van der Waals surface area contributed by atoms with E-state index in [0.717, 1.165) is 25.4 Å². The number of benzene rings is 1. The van der Waals surface area contributed by atoms with Gasteiger partial charge < -0.3 is 10.1 Å². The summed E-state index contributed by atoms with van der Waals surface area (Å²) in [5.41, 5.74) is 1.27. The van der Waals surface area contributed by atoms with Crippen LogP contribution in [0.25, 0.3) is 0 Å². The van der Waals surface area contributed by atoms with Crippen molar-refractivity contribution in [3.8, 4) is 5.75 Å². The zero-order valence-corrected chi connectivity index (χ0v) is 12.2. The summed E-state index contributed by atoms with van der Waals surface area (Å²) in [5, 5.41) is 3.55. The number of ether oxygens (including phenoxy) is 1. The van der Waals surface area contributed by atoms with Gasteiger partial charge in [-0.05, 0) is 19.9 Å². The largest absolute Gasteiger partial charge is 0.496 e. The highest BCUT2D eigenvalue weighted by Crippen LogP contribution is 2.20. The fourth-order valence-corrected chi connectivity index (χ4v) is 2.64. The van der Waals surface area contributed by atoms with E-state index < -0.39 is 0 Å². The first kappa shape index (κ1) is 15.3. The Morgan fingerprint density at radius 1 is 1.22 bits per heavy atom. The predicted octanol–water partition coefficient (Wildman–Crippen LogP) is 2.30. The normalized spacial score (nSPS) is 24.4. The Labute approximate surface area is 116 Å². The monoisotopic (exact) mass is 270 g/mol. The van der Waals surface area contributed by atoms with Gasteiger partial charge in [0.1, 0.15) is 5.75 Å². The van der Waals surface area contributed by atoms with Crippen molar-refractivity contribution in [1.82, 2.24) is 10.2 Å². The third-order valence-electron chi connectivity index (χ3n) is 3.22. The molecule has 102 valence electrons. The van der Waals surface area contributed by atoms with Crippen molar-refractivity contribution in [3.63, 3.8) is 0 Å². The Morgan fingerprint density at radius 2 is 1.83 bits per heavy atom. The lowest BCUT2D eigenvalue weighted by Gasteiger charge is -2.36. The molecule has 0 bridgehead atoms. The Hall–Kier alpha value is -0.770. The second-order valence-corrected chi connectivity index (χ2v) is 4.97. The van der Waals surface area contributed by atoms with Gasteiger partial charge in [-0.3, -0.25) is 4.90 Å². The first-order valence-corrected chi connectivity index (χ1v) is 6.29. The molecule has 1 fully saturated rings. The van der Waals surface area contributed by atoms with Crippen LogP contribution in [0.4, 0.5) is 0 Å². The van der Waals surface area contributed by atoms with Crippen molar-refractivity contribution in [1.29, 1.82) is 0 Å². The molecule has 1 heterocycles. The maximum Gasteiger partial charge on any atom is 0.123 e. The number of rotatable bonds is 3. The highest BCUT2D eigenvalue weighted by molar-refractivity contribution is 5.85. The lowest BCUT2D eigenvalue weighted by Crippen LogP contribution is -2.53. The number of hydrogen-bond acceptors (Lipinski definition) is 3. The van der Waals surface area contributed by atoms with Crippen molar-refractivity contribution in [2.24, 2.45) is 0 Å². The van der Waals surface area contributed by atoms with Gasteiger partial charge in [-0.15, -0.1) is 12.4 Å². The Bertz CT molecular complexity index is 363. The molecular formula is C14H23ClN2O. The van der Waals surface area contributed by atoms with Gasteiger partial charge in [-0.25, -0.2) is 0 Å². The molecule has 1 aromatic rings. The third-order valence-corrected chi connectivity index (χ3v) is 3.22. The molecule has 0 aliphatic carbocycles. The van der Waals surface area contributed by atoms with E-state index in [1.54, 1.807) is 7.11 Å². The van der Waals surface area contributed by atoms with Crippen LogP contribution in [0, 0.1) is 0 Å². The summed E-state index contributed by atoms with van der Waals surface area (Å²) >= 11 is 0. The molecule has 0 spiro atoms. The molecule has 0 aromatic heterocycles. The molecule has 2 atom stereocenters. The highest BCUT2D eigenvalue weighted by atomic mass is 35.5. The van der Waals surface area contributed by atoms with Crippen LogP contribution in [0.1, 0.15) is 19.4 Å². The molecule has 0 saturated carbocycles. The van der Waals surface area contributed by atoms with Gasteiger partial charge in [0.2, 0.25) is 0 Å². The van der Waals surface area contributed by atoms with E-state index in [-0.39, 0.29) is 12.4 Å². The minimum absolute atomic E-state index is 0. The SMILES string of the molecule is COc1ccccc1CN1CC(C)NC(C)C1.Cl. The zero-order valence-electron chi connectivity index (χ0n) is 11.3. The zero-order chi connectivity index (χ0) is 12.3. The van der Waals surface area contributed by atoms with Gasteiger partial charge in [0, 0.05) is 37.3 Å². The van der Waals surface area contributed by atoms with E-state index in [4.69, 9.17) is 4.74 Å². The van der Waals surface area contributed by atoms with Gasteiger partial charge >= 0.3 is 0 Å². The average Bonchev–Trinajstić information content (AvgIpc) is 2.28. The Kier molecular flexibility index (Phi) is 5.93. The summed E-state index contributed by atoms with van der Waals surface area (Å²) in [5.74, 6) is 0.992. The number of nitrogens with one attached hydrogen (secondary N) is 1. The van der Waals surface area contributed by atoms with Crippen molar-refractivity contribution in [2.75, 3.05) is 20.2 Å². The number of nitrogens with zero attached hydrogens (tertiary/aromatic N) is 1. The van der Waals surface area contributed by atoms with Crippen LogP contribution in [-0.2, 0) is 6.54 Å². The maximum absolute atomic E-state index is 5.40. The number of hydrogen-bond donors (Lipinski definition) is 1. The van der Waals surface area contributed by atoms with E-state index >= 15 is 0 Å². The third kappa shape index (κ3) is 3.87. The lowest BCUT2D eigenvalue weighted by molar-refractivity contribution is 0.165. The smallest absolute Gasteiger partial charge is 0.123 e. The first-order chi connectivity index (χ1) is 8.19. The minimum Gasteiger partial charge on any atom is -0.496 e. The first-order valence-electron chi connectivity index (χ1n) is 6.29. The highest BCUT2D eigenvalue weighted by Gasteiger charge is 2.21. The van der Waals surface area contributed by atoms with Crippen LogP contribution in [0.5, 0.6) is 5.75 Å². The molecule has 1 saturated heterocycles. The summed E-state index contributed by atoms with van der Waals surface area (Å²) in [7, 11) is 1.74. The maximum atomic E-state index is 5.40. The lowest BCUT2D eigenvalue weighted by atomic mass is 10.1. The fraction of sp³-hybridized carbons (Fsp3) is 0.571. The van der Waals surface area contributed by atoms with E-state index in [2.05, 4.69) is 36.2 Å². The van der Waals surface area contributed by atoms with Crippen LogP contribution >= 0.6 is 12.4 Å². The van der Waals surface area contributed by atoms with Crippen LogP contribution in [0.3, 0.4) is 0 Å². The minimum atomic E-state index is 0. The summed E-state index contributed by atoms with van der Waals surface area (Å²) in [6.45, 7) is 7.65. The van der Waals surface area contributed by atoms with E-state index in [1.165, 1.54) is 5.56 Å². The van der Waals surface area contributed by atoms with Gasteiger partial charge in [-0.2, -0.15) is 0 Å². The summed E-state index contributed by atoms with van der Waals surface area (Å²) in [6, 6.07) is 9.40. The molecule has 1 aliphatic rings. The Balaban J connectivity index is 0.00000162. The summed E-state index contributed by atoms with van der Waals surface area (Å²) < 4.78 is 5.40. The second-order valence-electron chi connectivity index (χ2n) is 4.97. The summed E-state index contributed by atoms with van der Waals surface area (Å²) in [4.78, 5) is 2.49. The van der Waals surface area contributed by atoms with Gasteiger partial charge in [0.25, 0.3) is 0 Å².